The molecule has 0 unspecified atom stereocenters. The van der Waals surface area contributed by atoms with Crippen molar-refractivity contribution in [2.45, 2.75) is 34.6 Å². The van der Waals surface area contributed by atoms with Gasteiger partial charge in [0.2, 0.25) is 0 Å². The summed E-state index contributed by atoms with van der Waals surface area (Å²) >= 11 is 4.31. The van der Waals surface area contributed by atoms with E-state index in [-0.39, 0.29) is 6.29 Å². The number of aryl methyl sites for hydroxylation is 2. The third-order valence-corrected chi connectivity index (χ3v) is 1.15. The summed E-state index contributed by atoms with van der Waals surface area (Å²) in [4.78, 5) is 23.1. The molecular weight excluding hydrogens is 334 g/mol. The predicted molar refractivity (Wildman–Crippen MR) is 98.4 cm³/mol. The van der Waals surface area contributed by atoms with Crippen LogP contribution in [0, 0.1) is 13.8 Å². The van der Waals surface area contributed by atoms with Crippen molar-refractivity contribution >= 4 is 35.1 Å². The molecule has 0 spiro atoms. The number of carbonyl (C=O) groups excluding carboxylic acids is 2. The van der Waals surface area contributed by atoms with Gasteiger partial charge in [-0.05, 0) is 27.7 Å². The summed E-state index contributed by atoms with van der Waals surface area (Å²) < 4.78 is 0. The summed E-state index contributed by atoms with van der Waals surface area (Å²) in [5.74, 6) is 13.3. The van der Waals surface area contributed by atoms with E-state index in [0.29, 0.717) is 10.8 Å². The van der Waals surface area contributed by atoms with E-state index in [0.717, 1.165) is 11.5 Å². The molecule has 0 aliphatic heterocycles. The quantitative estimate of drug-likeness (QED) is 0.0745. The zero-order valence-electron chi connectivity index (χ0n) is 14.6. The summed E-state index contributed by atoms with van der Waals surface area (Å²) in [7, 11) is 0. The lowest BCUT2D eigenvalue weighted by molar-refractivity contribution is -0.128. The van der Waals surface area contributed by atoms with Gasteiger partial charge in [0.05, 0.1) is 16.9 Å². The van der Waals surface area contributed by atoms with Gasteiger partial charge in [0.15, 0.2) is 12.1 Å². The molecule has 1 heterocycles. The Kier molecular flexibility index (Phi) is 27.9. The highest BCUT2D eigenvalue weighted by molar-refractivity contribution is 7.80. The molecule has 0 saturated carbocycles. The lowest BCUT2D eigenvalue weighted by atomic mass is 10.5. The van der Waals surface area contributed by atoms with Crippen LogP contribution in [0.5, 0.6) is 0 Å². The van der Waals surface area contributed by atoms with Crippen LogP contribution in [0.4, 0.5) is 0 Å². The van der Waals surface area contributed by atoms with Crippen molar-refractivity contribution in [2.75, 3.05) is 0 Å². The minimum Gasteiger partial charge on any atom is -0.394 e. The second-order valence-corrected chi connectivity index (χ2v) is 4.40. The predicted octanol–water partition coefficient (Wildman–Crippen LogP) is -1.39. The van der Waals surface area contributed by atoms with Crippen LogP contribution in [0.2, 0.25) is 0 Å². The van der Waals surface area contributed by atoms with Crippen LogP contribution >= 0.6 is 12.2 Å². The first-order chi connectivity index (χ1) is 11.1. The number of rotatable bonds is 1. The lowest BCUT2D eigenvalue weighted by Gasteiger charge is -1.87. The molecule has 1 aromatic rings. The van der Waals surface area contributed by atoms with Gasteiger partial charge in [-0.25, -0.2) is 4.98 Å². The first-order valence-electron chi connectivity index (χ1n) is 6.24. The molecule has 0 radical (unpaired) electrons. The number of hydrazine groups is 1. The number of hydrogen-bond donors (Lipinski definition) is 5. The van der Waals surface area contributed by atoms with Crippen molar-refractivity contribution < 1.29 is 9.59 Å². The Bertz CT molecular complexity index is 470. The van der Waals surface area contributed by atoms with Crippen LogP contribution in [0.25, 0.3) is 0 Å². The number of hydrazone groups is 1. The highest BCUT2D eigenvalue weighted by atomic mass is 32.1. The molecule has 10 N–H and O–H groups in total. The number of ketones is 1. The Morgan fingerprint density at radius 2 is 1.54 bits per heavy atom. The molecule has 0 bridgehead atoms. The Labute approximate surface area is 147 Å². The molecule has 0 fully saturated rings. The van der Waals surface area contributed by atoms with Gasteiger partial charge in [-0.1, -0.05) is 12.2 Å². The van der Waals surface area contributed by atoms with E-state index in [4.69, 9.17) is 16.3 Å². The fourth-order valence-electron chi connectivity index (χ4n) is 0.502. The molecule has 0 aliphatic rings. The molecule has 1 aromatic heterocycles. The maximum atomic E-state index is 9.44. The average molecular weight is 361 g/mol. The number of nitrogens with zero attached hydrogens (tertiary/aromatic N) is 4. The lowest BCUT2D eigenvalue weighted by Crippen LogP contribution is -2.07. The third-order valence-electron chi connectivity index (χ3n) is 1.15. The summed E-state index contributed by atoms with van der Waals surface area (Å²) in [5.41, 5.74) is 10.7. The van der Waals surface area contributed by atoms with Crippen LogP contribution in [0.3, 0.4) is 0 Å². The van der Waals surface area contributed by atoms with Gasteiger partial charge < -0.3 is 17.3 Å². The van der Waals surface area contributed by atoms with Gasteiger partial charge in [-0.3, -0.25) is 21.3 Å². The Morgan fingerprint density at radius 1 is 1.21 bits per heavy atom. The van der Waals surface area contributed by atoms with Crippen molar-refractivity contribution in [3.05, 3.63) is 17.7 Å². The van der Waals surface area contributed by atoms with Crippen molar-refractivity contribution in [2.24, 2.45) is 34.1 Å². The zero-order chi connectivity index (χ0) is 20.1. The van der Waals surface area contributed by atoms with E-state index in [9.17, 15) is 4.79 Å². The summed E-state index contributed by atoms with van der Waals surface area (Å²) in [6.07, 6.45) is 1.91. The molecule has 1 rings (SSSR count). The van der Waals surface area contributed by atoms with Gasteiger partial charge in [0.25, 0.3) is 0 Å². The summed E-state index contributed by atoms with van der Waals surface area (Å²) in [6.45, 7) is 8.23. The highest BCUT2D eigenvalue weighted by Crippen LogP contribution is 1.85. The van der Waals surface area contributed by atoms with Gasteiger partial charge >= 0.3 is 0 Å². The molecule has 0 saturated heterocycles. The van der Waals surface area contributed by atoms with Crippen LogP contribution in [-0.2, 0) is 9.59 Å². The minimum absolute atomic E-state index is 0.278. The Morgan fingerprint density at radius 3 is 1.67 bits per heavy atom. The van der Waals surface area contributed by atoms with Crippen molar-refractivity contribution in [3.8, 4) is 0 Å². The van der Waals surface area contributed by atoms with Gasteiger partial charge in [0, 0.05) is 6.92 Å². The standard InChI is InChI=1S/C5H7N3.C3H4O2.C2H7N3.C2H5NS.H4N2/c1-4-3-6-8-5(2)7-4;1-3(5)2-4;1-2(3)5-4;1-2(3)4;1-2/h3H,1-2H3;2H,1H3;4H2,1H3,(H2,3,5);1H3,(H2,3,4);1-2H2. The van der Waals surface area contributed by atoms with Gasteiger partial charge in [-0.15, -0.1) is 5.10 Å². The normalized spacial score (nSPS) is 8.21. The molecule has 0 amide bonds. The fraction of sp³-hybridized carbons (Fsp3) is 0.417. The number of hydrogen-bond acceptors (Lipinski definition) is 10. The van der Waals surface area contributed by atoms with E-state index in [1.54, 1.807) is 20.0 Å². The van der Waals surface area contributed by atoms with Crippen LogP contribution < -0.4 is 29.0 Å². The second kappa shape index (κ2) is 22.7. The van der Waals surface area contributed by atoms with E-state index in [2.05, 4.69) is 50.0 Å². The van der Waals surface area contributed by atoms with E-state index in [1.165, 1.54) is 6.92 Å². The van der Waals surface area contributed by atoms with Crippen LogP contribution in [0.1, 0.15) is 32.3 Å². The largest absolute Gasteiger partial charge is 0.394 e. The topological polar surface area (TPSA) is 215 Å². The molecule has 11 nitrogen and oxygen atoms in total. The number of carbonyl (C=O) groups is 2. The zero-order valence-corrected chi connectivity index (χ0v) is 15.4. The van der Waals surface area contributed by atoms with Gasteiger partial charge in [0.1, 0.15) is 11.7 Å². The number of Topliss-reactive ketones (excluding diaryl/α,β-unsaturated/α-hetero) is 1. The number of aldehydes is 1. The number of nitrogens with two attached hydrogens (primary N) is 5. The second-order valence-electron chi connectivity index (χ2n) is 3.75. The fourth-order valence-corrected chi connectivity index (χ4v) is 0.502. The maximum absolute atomic E-state index is 9.44. The van der Waals surface area contributed by atoms with E-state index in [1.807, 2.05) is 13.8 Å². The monoisotopic (exact) mass is 361 g/mol. The molecule has 12 heteroatoms. The summed E-state index contributed by atoms with van der Waals surface area (Å²) in [6, 6.07) is 0. The van der Waals surface area contributed by atoms with Crippen molar-refractivity contribution in [3.63, 3.8) is 0 Å². The van der Waals surface area contributed by atoms with E-state index < -0.39 is 5.78 Å². The molecule has 138 valence electrons. The number of thiocarbonyl (C=S) groups is 1. The van der Waals surface area contributed by atoms with Crippen LogP contribution in [0.15, 0.2) is 11.3 Å². The van der Waals surface area contributed by atoms with Crippen LogP contribution in [-0.4, -0.2) is 38.1 Å². The SMILES string of the molecule is CC(=O)C=O.CC(N)=NN.CC(N)=S.Cc1cnnc(C)n1.NN. The summed E-state index contributed by atoms with van der Waals surface area (Å²) in [5, 5.41) is 10.4. The van der Waals surface area contributed by atoms with Crippen molar-refractivity contribution in [1.82, 2.24) is 15.2 Å². The van der Waals surface area contributed by atoms with Crippen molar-refractivity contribution in [1.29, 1.82) is 0 Å². The highest BCUT2D eigenvalue weighted by Gasteiger charge is 1.85. The average Bonchev–Trinajstić information content (AvgIpc) is 2.49. The Hall–Kier alpha value is -2.57. The number of aromatic nitrogens is 3. The van der Waals surface area contributed by atoms with E-state index >= 15 is 0 Å². The maximum Gasteiger partial charge on any atom is 0.192 e. The molecule has 0 aromatic carbocycles. The molecule has 0 aliphatic carbocycles. The molecule has 24 heavy (non-hydrogen) atoms. The molecule has 0 atom stereocenters. The van der Waals surface area contributed by atoms with Gasteiger partial charge in [-0.2, -0.15) is 10.2 Å². The minimum atomic E-state index is -0.426. The Balaban J connectivity index is -0.000000112. The first-order valence-corrected chi connectivity index (χ1v) is 6.65. The number of amidine groups is 1. The first kappa shape index (κ1) is 29.4. The third kappa shape index (κ3) is 50.5. The smallest absolute Gasteiger partial charge is 0.192 e. The molecular formula is C12H27N9O2S.